The number of hydrogen-bond donors (Lipinski definition) is 2. The van der Waals surface area contributed by atoms with Crippen LogP contribution in [0.15, 0.2) is 42.5 Å². The number of rotatable bonds is 5. The zero-order chi connectivity index (χ0) is 19.4. The molecule has 0 radical (unpaired) electrons. The summed E-state index contributed by atoms with van der Waals surface area (Å²) in [5.74, 6) is 0.689. The lowest BCUT2D eigenvalue weighted by Crippen LogP contribution is -2.23. The van der Waals surface area contributed by atoms with Gasteiger partial charge in [-0.05, 0) is 49.4 Å². The zero-order valence-corrected chi connectivity index (χ0v) is 15.7. The third-order valence-electron chi connectivity index (χ3n) is 3.72. The summed E-state index contributed by atoms with van der Waals surface area (Å²) in [5, 5.41) is 19.5. The number of aryl methyl sites for hydroxylation is 1. The minimum absolute atomic E-state index is 0.184. The number of aromatic amines is 1. The third kappa shape index (κ3) is 4.59. The van der Waals surface area contributed by atoms with Crippen molar-refractivity contribution in [2.75, 3.05) is 0 Å². The summed E-state index contributed by atoms with van der Waals surface area (Å²) in [4.78, 5) is 12.3. The highest BCUT2D eigenvalue weighted by Crippen LogP contribution is 2.31. The highest BCUT2D eigenvalue weighted by molar-refractivity contribution is 6.34. The molecule has 8 heteroatoms. The predicted molar refractivity (Wildman–Crippen MR) is 102 cm³/mol. The minimum Gasteiger partial charge on any atom is -0.453 e. The van der Waals surface area contributed by atoms with E-state index in [9.17, 15) is 4.79 Å². The molecule has 1 amide bonds. The number of H-pyrrole nitrogens is 1. The standard InChI is InChI=1S/C19H14Cl2N4O2/c1-11-18(27-16-7-14(20)6-15(21)8-16)17(25-24-11)10-23-19(26)13-4-2-12(9-22)3-5-13/h2-8H,10H2,1H3,(H,23,26)(H,24,25). The number of hydrogen-bond acceptors (Lipinski definition) is 4. The maximum absolute atomic E-state index is 12.3. The summed E-state index contributed by atoms with van der Waals surface area (Å²) in [6.07, 6.45) is 0. The van der Waals surface area contributed by atoms with Crippen molar-refractivity contribution in [1.29, 1.82) is 5.26 Å². The van der Waals surface area contributed by atoms with E-state index in [2.05, 4.69) is 15.5 Å². The first-order valence-electron chi connectivity index (χ1n) is 7.92. The second-order valence-electron chi connectivity index (χ2n) is 5.70. The van der Waals surface area contributed by atoms with Crippen molar-refractivity contribution in [2.45, 2.75) is 13.5 Å². The van der Waals surface area contributed by atoms with Gasteiger partial charge in [-0.3, -0.25) is 9.89 Å². The second-order valence-corrected chi connectivity index (χ2v) is 6.57. The van der Waals surface area contributed by atoms with Crippen LogP contribution in [-0.2, 0) is 6.54 Å². The Morgan fingerprint density at radius 1 is 1.22 bits per heavy atom. The van der Waals surface area contributed by atoms with E-state index in [4.69, 9.17) is 33.2 Å². The third-order valence-corrected chi connectivity index (χ3v) is 4.16. The number of nitrogens with zero attached hydrogens (tertiary/aromatic N) is 2. The molecule has 2 N–H and O–H groups in total. The quantitative estimate of drug-likeness (QED) is 0.653. The van der Waals surface area contributed by atoms with Crippen LogP contribution in [0.2, 0.25) is 10.0 Å². The molecule has 0 spiro atoms. The monoisotopic (exact) mass is 400 g/mol. The normalized spacial score (nSPS) is 10.3. The fraction of sp³-hybridized carbons (Fsp3) is 0.105. The molecule has 0 bridgehead atoms. The maximum Gasteiger partial charge on any atom is 0.251 e. The molecule has 2 aromatic carbocycles. The first-order valence-corrected chi connectivity index (χ1v) is 8.68. The molecule has 0 atom stereocenters. The smallest absolute Gasteiger partial charge is 0.251 e. The van der Waals surface area contributed by atoms with Gasteiger partial charge < -0.3 is 10.1 Å². The van der Waals surface area contributed by atoms with Crippen LogP contribution in [0.3, 0.4) is 0 Å². The van der Waals surface area contributed by atoms with Crippen molar-refractivity contribution < 1.29 is 9.53 Å². The van der Waals surface area contributed by atoms with Crippen LogP contribution in [0.1, 0.15) is 27.3 Å². The van der Waals surface area contributed by atoms with Crippen molar-refractivity contribution >= 4 is 29.1 Å². The summed E-state index contributed by atoms with van der Waals surface area (Å²) in [5.41, 5.74) is 2.18. The van der Waals surface area contributed by atoms with Gasteiger partial charge in [-0.25, -0.2) is 0 Å². The lowest BCUT2D eigenvalue weighted by atomic mass is 10.1. The van der Waals surface area contributed by atoms with Gasteiger partial charge in [0.1, 0.15) is 11.4 Å². The van der Waals surface area contributed by atoms with Crippen LogP contribution in [0.25, 0.3) is 0 Å². The Bertz CT molecular complexity index is 1000. The Balaban J connectivity index is 1.72. The van der Waals surface area contributed by atoms with Crippen LogP contribution < -0.4 is 10.1 Å². The summed E-state index contributed by atoms with van der Waals surface area (Å²) in [6.45, 7) is 1.97. The molecular weight excluding hydrogens is 387 g/mol. The lowest BCUT2D eigenvalue weighted by molar-refractivity contribution is 0.0950. The van der Waals surface area contributed by atoms with Gasteiger partial charge >= 0.3 is 0 Å². The fourth-order valence-electron chi connectivity index (χ4n) is 2.40. The van der Waals surface area contributed by atoms with E-state index in [1.807, 2.05) is 6.07 Å². The van der Waals surface area contributed by atoms with Crippen LogP contribution in [0.4, 0.5) is 0 Å². The molecule has 6 nitrogen and oxygen atoms in total. The van der Waals surface area contributed by atoms with Crippen molar-refractivity contribution in [2.24, 2.45) is 0 Å². The number of amides is 1. The SMILES string of the molecule is Cc1n[nH]c(CNC(=O)c2ccc(C#N)cc2)c1Oc1cc(Cl)cc(Cl)c1. The molecule has 136 valence electrons. The topological polar surface area (TPSA) is 90.8 Å². The van der Waals surface area contributed by atoms with Crippen molar-refractivity contribution in [1.82, 2.24) is 15.5 Å². The van der Waals surface area contributed by atoms with Crippen LogP contribution in [0, 0.1) is 18.3 Å². The number of aromatic nitrogens is 2. The van der Waals surface area contributed by atoms with Gasteiger partial charge in [-0.15, -0.1) is 0 Å². The van der Waals surface area contributed by atoms with Gasteiger partial charge in [0.05, 0.1) is 23.9 Å². The molecule has 3 aromatic rings. The van der Waals surface area contributed by atoms with E-state index in [1.165, 1.54) is 0 Å². The van der Waals surface area contributed by atoms with Crippen molar-refractivity contribution in [3.63, 3.8) is 0 Å². The Morgan fingerprint density at radius 3 is 2.52 bits per heavy atom. The minimum atomic E-state index is -0.275. The largest absolute Gasteiger partial charge is 0.453 e. The Hall–Kier alpha value is -3.01. The molecule has 0 aliphatic heterocycles. The van der Waals surface area contributed by atoms with Crippen LogP contribution in [-0.4, -0.2) is 16.1 Å². The molecule has 0 aliphatic carbocycles. The summed E-state index contributed by atoms with van der Waals surface area (Å²) < 4.78 is 5.86. The molecule has 27 heavy (non-hydrogen) atoms. The molecule has 3 rings (SSSR count). The number of benzene rings is 2. The number of nitrogens with one attached hydrogen (secondary N) is 2. The molecule has 0 saturated heterocycles. The van der Waals surface area contributed by atoms with Gasteiger partial charge in [-0.2, -0.15) is 10.4 Å². The van der Waals surface area contributed by atoms with E-state index in [0.717, 1.165) is 0 Å². The van der Waals surface area contributed by atoms with Gasteiger partial charge in [0.25, 0.3) is 5.91 Å². The number of ether oxygens (including phenoxy) is 1. The molecule has 0 unspecified atom stereocenters. The Morgan fingerprint density at radius 2 is 1.89 bits per heavy atom. The first kappa shape index (κ1) is 18.8. The highest BCUT2D eigenvalue weighted by atomic mass is 35.5. The van der Waals surface area contributed by atoms with E-state index in [0.29, 0.717) is 44.1 Å². The predicted octanol–water partition coefficient (Wildman–Crippen LogP) is 4.62. The number of halogens is 2. The zero-order valence-electron chi connectivity index (χ0n) is 14.2. The van der Waals surface area contributed by atoms with Gasteiger partial charge in [0.15, 0.2) is 5.75 Å². The van der Waals surface area contributed by atoms with E-state index < -0.39 is 0 Å². The van der Waals surface area contributed by atoms with Crippen LogP contribution in [0.5, 0.6) is 11.5 Å². The van der Waals surface area contributed by atoms with Gasteiger partial charge in [0.2, 0.25) is 0 Å². The Kier molecular flexibility index (Phi) is 5.65. The molecular formula is C19H14Cl2N4O2. The molecule has 0 aliphatic rings. The van der Waals surface area contributed by atoms with Crippen molar-refractivity contribution in [3.8, 4) is 17.6 Å². The Labute approximate surface area is 165 Å². The molecule has 0 fully saturated rings. The average molecular weight is 401 g/mol. The molecule has 1 heterocycles. The summed E-state index contributed by atoms with van der Waals surface area (Å²) >= 11 is 12.0. The maximum atomic E-state index is 12.3. The number of carbonyl (C=O) groups is 1. The molecule has 1 aromatic heterocycles. The molecule has 0 saturated carbocycles. The fourth-order valence-corrected chi connectivity index (χ4v) is 2.90. The van der Waals surface area contributed by atoms with E-state index in [-0.39, 0.29) is 12.5 Å². The van der Waals surface area contributed by atoms with Gasteiger partial charge in [0, 0.05) is 15.6 Å². The highest BCUT2D eigenvalue weighted by Gasteiger charge is 2.15. The number of carbonyl (C=O) groups excluding carboxylic acids is 1. The van der Waals surface area contributed by atoms with Crippen molar-refractivity contribution in [3.05, 3.63) is 75.0 Å². The first-order chi connectivity index (χ1) is 13.0. The summed E-state index contributed by atoms with van der Waals surface area (Å²) in [7, 11) is 0. The van der Waals surface area contributed by atoms with E-state index in [1.54, 1.807) is 49.4 Å². The lowest BCUT2D eigenvalue weighted by Gasteiger charge is -2.09. The van der Waals surface area contributed by atoms with Gasteiger partial charge in [-0.1, -0.05) is 23.2 Å². The second kappa shape index (κ2) is 8.12. The van der Waals surface area contributed by atoms with Crippen LogP contribution >= 0.6 is 23.2 Å². The average Bonchev–Trinajstić information content (AvgIpc) is 2.99. The summed E-state index contributed by atoms with van der Waals surface area (Å²) in [6, 6.07) is 13.3. The number of nitriles is 1. The van der Waals surface area contributed by atoms with E-state index >= 15 is 0 Å².